The van der Waals surface area contributed by atoms with E-state index in [9.17, 15) is 0 Å². The Bertz CT molecular complexity index is 274. The fourth-order valence-electron chi connectivity index (χ4n) is 0.936. The van der Waals surface area contributed by atoms with Crippen molar-refractivity contribution in [3.63, 3.8) is 0 Å². The van der Waals surface area contributed by atoms with Crippen LogP contribution in [-0.2, 0) is 0 Å². The minimum absolute atomic E-state index is 0.520. The summed E-state index contributed by atoms with van der Waals surface area (Å²) in [5.41, 5.74) is 12.5. The lowest BCUT2D eigenvalue weighted by molar-refractivity contribution is 1.26. The minimum Gasteiger partial charge on any atom is -0.399 e. The Kier molecular flexibility index (Phi) is 3.14. The van der Waals surface area contributed by atoms with E-state index in [0.29, 0.717) is 17.3 Å². The lowest BCUT2D eigenvalue weighted by Crippen LogP contribution is -1.92. The number of halogens is 1. The summed E-state index contributed by atoms with van der Waals surface area (Å²) < 4.78 is 0. The molecule has 0 saturated carbocycles. The maximum Gasteiger partial charge on any atom is 0.0432 e. The summed E-state index contributed by atoms with van der Waals surface area (Å²) in [5.74, 6) is 0. The van der Waals surface area contributed by atoms with Gasteiger partial charge in [0.2, 0.25) is 0 Å². The van der Waals surface area contributed by atoms with Crippen molar-refractivity contribution in [1.29, 1.82) is 0 Å². The second-order valence-corrected chi connectivity index (χ2v) is 2.89. The van der Waals surface area contributed by atoms with Gasteiger partial charge < -0.3 is 11.5 Å². The van der Waals surface area contributed by atoms with Gasteiger partial charge in [0.05, 0.1) is 0 Å². The summed E-state index contributed by atoms with van der Waals surface area (Å²) in [6, 6.07) is 5.39. The van der Waals surface area contributed by atoms with E-state index in [0.717, 1.165) is 5.56 Å². The molecular weight excluding hydrogens is 172 g/mol. The number of nitrogens with two attached hydrogens (primary N) is 2. The molecule has 0 fully saturated rings. The molecule has 0 amide bonds. The lowest BCUT2D eigenvalue weighted by Gasteiger charge is -1.97. The van der Waals surface area contributed by atoms with E-state index in [1.165, 1.54) is 0 Å². The van der Waals surface area contributed by atoms with Crippen molar-refractivity contribution in [2.45, 2.75) is 0 Å². The van der Waals surface area contributed by atoms with Crippen LogP contribution in [0.5, 0.6) is 0 Å². The summed E-state index contributed by atoms with van der Waals surface area (Å²) in [4.78, 5) is 0. The van der Waals surface area contributed by atoms with Crippen LogP contribution < -0.4 is 11.5 Å². The van der Waals surface area contributed by atoms with Gasteiger partial charge in [-0.3, -0.25) is 0 Å². The van der Waals surface area contributed by atoms with E-state index >= 15 is 0 Å². The number of nitrogen functional groups attached to an aromatic ring is 1. The standard InChI is InChI=1S/C9H11ClN2/c10-8-4-7(2-1-3-11)5-9(12)6-8/h1-2,4-6H,3,11-12H2. The molecule has 0 aliphatic rings. The first-order valence-electron chi connectivity index (χ1n) is 3.65. The molecule has 0 heterocycles. The van der Waals surface area contributed by atoms with Gasteiger partial charge in [0.1, 0.15) is 0 Å². The molecule has 0 bridgehead atoms. The van der Waals surface area contributed by atoms with Gasteiger partial charge in [0.15, 0.2) is 0 Å². The van der Waals surface area contributed by atoms with Gasteiger partial charge in [-0.2, -0.15) is 0 Å². The summed E-state index contributed by atoms with van der Waals surface area (Å²) in [6.07, 6.45) is 3.74. The zero-order valence-electron chi connectivity index (χ0n) is 6.63. The Morgan fingerprint density at radius 2 is 2.08 bits per heavy atom. The van der Waals surface area contributed by atoms with Crippen molar-refractivity contribution in [3.8, 4) is 0 Å². The van der Waals surface area contributed by atoms with Crippen molar-refractivity contribution < 1.29 is 0 Å². The zero-order chi connectivity index (χ0) is 8.97. The van der Waals surface area contributed by atoms with E-state index in [4.69, 9.17) is 23.1 Å². The van der Waals surface area contributed by atoms with Crippen LogP contribution in [0.15, 0.2) is 24.3 Å². The smallest absolute Gasteiger partial charge is 0.0432 e. The van der Waals surface area contributed by atoms with Gasteiger partial charge in [-0.1, -0.05) is 23.8 Å². The second-order valence-electron chi connectivity index (χ2n) is 2.46. The van der Waals surface area contributed by atoms with Crippen LogP contribution in [0.1, 0.15) is 5.56 Å². The molecule has 1 aromatic rings. The number of benzene rings is 1. The van der Waals surface area contributed by atoms with Crippen molar-refractivity contribution in [2.24, 2.45) is 5.73 Å². The number of rotatable bonds is 2. The maximum absolute atomic E-state index is 5.78. The van der Waals surface area contributed by atoms with Gasteiger partial charge in [0.25, 0.3) is 0 Å². The minimum atomic E-state index is 0.520. The molecular formula is C9H11ClN2. The highest BCUT2D eigenvalue weighted by molar-refractivity contribution is 6.31. The average molecular weight is 183 g/mol. The topological polar surface area (TPSA) is 52.0 Å². The molecule has 4 N–H and O–H groups in total. The summed E-state index contributed by atoms with van der Waals surface area (Å²) in [6.45, 7) is 0.520. The largest absolute Gasteiger partial charge is 0.399 e. The first kappa shape index (κ1) is 9.10. The monoisotopic (exact) mass is 182 g/mol. The maximum atomic E-state index is 5.78. The zero-order valence-corrected chi connectivity index (χ0v) is 7.38. The van der Waals surface area contributed by atoms with Gasteiger partial charge in [-0.15, -0.1) is 0 Å². The molecule has 0 spiro atoms. The van der Waals surface area contributed by atoms with Gasteiger partial charge in [-0.05, 0) is 23.8 Å². The fourth-order valence-corrected chi connectivity index (χ4v) is 1.19. The van der Waals surface area contributed by atoms with Crippen molar-refractivity contribution in [1.82, 2.24) is 0 Å². The Labute approximate surface area is 76.8 Å². The molecule has 0 aliphatic carbocycles. The van der Waals surface area contributed by atoms with Crippen molar-refractivity contribution >= 4 is 23.4 Å². The predicted octanol–water partition coefficient (Wildman–Crippen LogP) is 1.89. The van der Waals surface area contributed by atoms with Crippen LogP contribution in [0.2, 0.25) is 5.02 Å². The third kappa shape index (κ3) is 2.57. The van der Waals surface area contributed by atoms with Crippen LogP contribution in [0.4, 0.5) is 5.69 Å². The Balaban J connectivity index is 2.93. The Hall–Kier alpha value is -0.990. The molecule has 2 nitrogen and oxygen atoms in total. The number of hydrogen-bond donors (Lipinski definition) is 2. The quantitative estimate of drug-likeness (QED) is 0.687. The molecule has 0 atom stereocenters. The molecule has 1 aromatic carbocycles. The van der Waals surface area contributed by atoms with E-state index < -0.39 is 0 Å². The lowest BCUT2D eigenvalue weighted by atomic mass is 10.2. The molecule has 3 heteroatoms. The highest BCUT2D eigenvalue weighted by Crippen LogP contribution is 2.17. The van der Waals surface area contributed by atoms with Gasteiger partial charge >= 0.3 is 0 Å². The van der Waals surface area contributed by atoms with Crippen LogP contribution in [0.25, 0.3) is 6.08 Å². The van der Waals surface area contributed by atoms with Crippen LogP contribution >= 0.6 is 11.6 Å². The first-order valence-corrected chi connectivity index (χ1v) is 4.03. The molecule has 12 heavy (non-hydrogen) atoms. The fraction of sp³-hybridized carbons (Fsp3) is 0.111. The molecule has 0 saturated heterocycles. The highest BCUT2D eigenvalue weighted by Gasteiger charge is 1.92. The molecule has 64 valence electrons. The number of hydrogen-bond acceptors (Lipinski definition) is 2. The molecule has 1 rings (SSSR count). The summed E-state index contributed by atoms with van der Waals surface area (Å²) >= 11 is 5.78. The van der Waals surface area contributed by atoms with Crippen molar-refractivity contribution in [3.05, 3.63) is 34.9 Å². The first-order chi connectivity index (χ1) is 5.72. The van der Waals surface area contributed by atoms with Crippen LogP contribution in [0.3, 0.4) is 0 Å². The predicted molar refractivity (Wildman–Crippen MR) is 54.0 cm³/mol. The SMILES string of the molecule is NCC=Cc1cc(N)cc(Cl)c1. The average Bonchev–Trinajstić information content (AvgIpc) is 1.99. The van der Waals surface area contributed by atoms with Crippen LogP contribution in [-0.4, -0.2) is 6.54 Å². The van der Waals surface area contributed by atoms with E-state index in [-0.39, 0.29) is 0 Å². The molecule has 0 aliphatic heterocycles. The molecule has 0 unspecified atom stereocenters. The van der Waals surface area contributed by atoms with E-state index in [2.05, 4.69) is 0 Å². The third-order valence-corrected chi connectivity index (χ3v) is 1.61. The highest BCUT2D eigenvalue weighted by atomic mass is 35.5. The Morgan fingerprint density at radius 3 is 2.67 bits per heavy atom. The second kappa shape index (κ2) is 4.14. The normalized spacial score (nSPS) is 10.8. The van der Waals surface area contributed by atoms with Gasteiger partial charge in [0, 0.05) is 17.3 Å². The van der Waals surface area contributed by atoms with E-state index in [1.54, 1.807) is 6.07 Å². The molecule has 0 aromatic heterocycles. The Morgan fingerprint density at radius 1 is 1.33 bits per heavy atom. The summed E-state index contributed by atoms with van der Waals surface area (Å²) in [5, 5.41) is 0.645. The molecule has 0 radical (unpaired) electrons. The summed E-state index contributed by atoms with van der Waals surface area (Å²) in [7, 11) is 0. The van der Waals surface area contributed by atoms with Crippen molar-refractivity contribution in [2.75, 3.05) is 12.3 Å². The van der Waals surface area contributed by atoms with E-state index in [1.807, 2.05) is 24.3 Å². The number of anilines is 1. The van der Waals surface area contributed by atoms with Crippen LogP contribution in [0, 0.1) is 0 Å². The van der Waals surface area contributed by atoms with Gasteiger partial charge in [-0.25, -0.2) is 0 Å². The third-order valence-electron chi connectivity index (χ3n) is 1.39.